The Morgan fingerprint density at radius 1 is 1.00 bits per heavy atom. The van der Waals surface area contributed by atoms with Gasteiger partial charge in [0.2, 0.25) is 11.8 Å². The molecule has 6 nitrogen and oxygen atoms in total. The standard InChI is InChI=1S/C20H23ClN2O4/c1-13-4-6-15(11-16(13)21)23-20(25)12-19(24)22-9-8-14-5-7-17(26-2)18(10-14)27-3/h4-7,10-11H,8-9,12H2,1-3H3,(H,22,24)(H,23,25). The van der Waals surface area contributed by atoms with E-state index in [0.29, 0.717) is 35.2 Å². The summed E-state index contributed by atoms with van der Waals surface area (Å²) in [4.78, 5) is 23.9. The zero-order valence-corrected chi connectivity index (χ0v) is 16.4. The maximum atomic E-state index is 12.0. The Morgan fingerprint density at radius 2 is 1.74 bits per heavy atom. The number of methoxy groups -OCH3 is 2. The van der Waals surface area contributed by atoms with Crippen LogP contribution in [0.4, 0.5) is 5.69 Å². The molecule has 0 saturated carbocycles. The lowest BCUT2D eigenvalue weighted by Crippen LogP contribution is -2.29. The third-order valence-electron chi connectivity index (χ3n) is 3.96. The van der Waals surface area contributed by atoms with Crippen molar-refractivity contribution in [3.63, 3.8) is 0 Å². The highest BCUT2D eigenvalue weighted by Gasteiger charge is 2.10. The van der Waals surface area contributed by atoms with Crippen molar-refractivity contribution in [1.29, 1.82) is 0 Å². The van der Waals surface area contributed by atoms with Crippen LogP contribution >= 0.6 is 11.6 Å². The fraction of sp³-hybridized carbons (Fsp3) is 0.300. The number of carbonyl (C=O) groups excluding carboxylic acids is 2. The normalized spacial score (nSPS) is 10.2. The maximum Gasteiger partial charge on any atom is 0.233 e. The molecule has 2 aromatic rings. The Kier molecular flexibility index (Phi) is 7.49. The first kappa shape index (κ1) is 20.6. The predicted molar refractivity (Wildman–Crippen MR) is 106 cm³/mol. The Balaban J connectivity index is 1.78. The maximum absolute atomic E-state index is 12.0. The molecule has 0 radical (unpaired) electrons. The lowest BCUT2D eigenvalue weighted by molar-refractivity contribution is -0.126. The molecule has 2 aromatic carbocycles. The van der Waals surface area contributed by atoms with Gasteiger partial charge in [-0.1, -0.05) is 23.7 Å². The molecule has 7 heteroatoms. The van der Waals surface area contributed by atoms with Crippen molar-refractivity contribution in [2.45, 2.75) is 19.8 Å². The minimum atomic E-state index is -0.390. The number of anilines is 1. The zero-order valence-electron chi connectivity index (χ0n) is 15.6. The van der Waals surface area contributed by atoms with Gasteiger partial charge in [0, 0.05) is 17.3 Å². The molecule has 0 aliphatic heterocycles. The van der Waals surface area contributed by atoms with Gasteiger partial charge in [-0.3, -0.25) is 9.59 Å². The van der Waals surface area contributed by atoms with Gasteiger partial charge in [-0.2, -0.15) is 0 Å². The van der Waals surface area contributed by atoms with Gasteiger partial charge in [0.15, 0.2) is 11.5 Å². The van der Waals surface area contributed by atoms with Crippen LogP contribution in [0.2, 0.25) is 5.02 Å². The Bertz CT molecular complexity index is 824. The summed E-state index contributed by atoms with van der Waals surface area (Å²) in [5.41, 5.74) is 2.47. The number of aryl methyl sites for hydroxylation is 1. The summed E-state index contributed by atoms with van der Waals surface area (Å²) in [5.74, 6) is 0.556. The van der Waals surface area contributed by atoms with Crippen molar-refractivity contribution in [3.05, 3.63) is 52.5 Å². The summed E-state index contributed by atoms with van der Waals surface area (Å²) < 4.78 is 10.4. The fourth-order valence-corrected chi connectivity index (χ4v) is 2.65. The molecule has 0 saturated heterocycles. The van der Waals surface area contributed by atoms with E-state index in [2.05, 4.69) is 10.6 Å². The second-order valence-corrected chi connectivity index (χ2v) is 6.39. The zero-order chi connectivity index (χ0) is 19.8. The number of hydrogen-bond donors (Lipinski definition) is 2. The molecule has 144 valence electrons. The van der Waals surface area contributed by atoms with Gasteiger partial charge in [0.25, 0.3) is 0 Å². The molecule has 27 heavy (non-hydrogen) atoms. The fourth-order valence-electron chi connectivity index (χ4n) is 2.47. The lowest BCUT2D eigenvalue weighted by Gasteiger charge is -2.10. The molecule has 2 N–H and O–H groups in total. The van der Waals surface area contributed by atoms with Gasteiger partial charge in [-0.15, -0.1) is 0 Å². The van der Waals surface area contributed by atoms with Crippen molar-refractivity contribution in [1.82, 2.24) is 5.32 Å². The number of halogens is 1. The van der Waals surface area contributed by atoms with Gasteiger partial charge in [0.05, 0.1) is 14.2 Å². The SMILES string of the molecule is COc1ccc(CCNC(=O)CC(=O)Nc2ccc(C)c(Cl)c2)cc1OC. The monoisotopic (exact) mass is 390 g/mol. The third kappa shape index (κ3) is 6.18. The van der Waals surface area contributed by atoms with Gasteiger partial charge < -0.3 is 20.1 Å². The minimum Gasteiger partial charge on any atom is -0.493 e. The molecule has 0 aromatic heterocycles. The van der Waals surface area contributed by atoms with Gasteiger partial charge >= 0.3 is 0 Å². The highest BCUT2D eigenvalue weighted by atomic mass is 35.5. The topological polar surface area (TPSA) is 76.7 Å². The van der Waals surface area contributed by atoms with Crippen LogP contribution in [0.1, 0.15) is 17.5 Å². The molecule has 0 atom stereocenters. The number of rotatable bonds is 8. The summed E-state index contributed by atoms with van der Waals surface area (Å²) in [6.45, 7) is 2.29. The van der Waals surface area contributed by atoms with Crippen molar-refractivity contribution in [2.75, 3.05) is 26.1 Å². The van der Waals surface area contributed by atoms with E-state index in [1.54, 1.807) is 32.4 Å². The van der Waals surface area contributed by atoms with E-state index in [0.717, 1.165) is 11.1 Å². The number of carbonyl (C=O) groups is 2. The quantitative estimate of drug-likeness (QED) is 0.677. The summed E-state index contributed by atoms with van der Waals surface area (Å²) >= 11 is 6.02. The smallest absolute Gasteiger partial charge is 0.233 e. The van der Waals surface area contributed by atoms with Crippen LogP contribution in [-0.4, -0.2) is 32.6 Å². The van der Waals surface area contributed by atoms with Crippen molar-refractivity contribution < 1.29 is 19.1 Å². The van der Waals surface area contributed by atoms with E-state index >= 15 is 0 Å². The van der Waals surface area contributed by atoms with Crippen LogP contribution in [0.15, 0.2) is 36.4 Å². The highest BCUT2D eigenvalue weighted by molar-refractivity contribution is 6.31. The van der Waals surface area contributed by atoms with Crippen molar-refractivity contribution >= 4 is 29.1 Å². The first-order chi connectivity index (χ1) is 12.9. The summed E-state index contributed by atoms with van der Waals surface area (Å²) in [6.07, 6.45) is 0.360. The molecule has 2 rings (SSSR count). The summed E-state index contributed by atoms with van der Waals surface area (Å²) in [6, 6.07) is 10.8. The Labute approximate surface area is 163 Å². The summed E-state index contributed by atoms with van der Waals surface area (Å²) in [5, 5.41) is 5.96. The molecular formula is C20H23ClN2O4. The van der Waals surface area contributed by atoms with E-state index < -0.39 is 5.91 Å². The second kappa shape index (κ2) is 9.83. The van der Waals surface area contributed by atoms with Crippen molar-refractivity contribution in [2.24, 2.45) is 0 Å². The molecule has 0 fully saturated rings. The van der Waals surface area contributed by atoms with Gasteiger partial charge in [0.1, 0.15) is 6.42 Å². The van der Waals surface area contributed by atoms with Gasteiger partial charge in [-0.05, 0) is 48.7 Å². The van der Waals surface area contributed by atoms with Gasteiger partial charge in [-0.25, -0.2) is 0 Å². The molecule has 0 heterocycles. The van der Waals surface area contributed by atoms with Crippen LogP contribution in [0.5, 0.6) is 11.5 Å². The van der Waals surface area contributed by atoms with Crippen LogP contribution < -0.4 is 20.1 Å². The minimum absolute atomic E-state index is 0.253. The first-order valence-electron chi connectivity index (χ1n) is 8.46. The average Bonchev–Trinajstić information content (AvgIpc) is 2.64. The predicted octanol–water partition coefficient (Wildman–Crippen LogP) is 3.35. The van der Waals surface area contributed by atoms with E-state index in [9.17, 15) is 9.59 Å². The molecule has 0 aliphatic rings. The third-order valence-corrected chi connectivity index (χ3v) is 4.37. The second-order valence-electron chi connectivity index (χ2n) is 5.98. The van der Waals surface area contributed by atoms with Crippen LogP contribution in [0, 0.1) is 6.92 Å². The Hall–Kier alpha value is -2.73. The van der Waals surface area contributed by atoms with E-state index in [1.165, 1.54) is 0 Å². The molecular weight excluding hydrogens is 368 g/mol. The van der Waals surface area contributed by atoms with E-state index in [1.807, 2.05) is 25.1 Å². The average molecular weight is 391 g/mol. The number of ether oxygens (including phenoxy) is 2. The lowest BCUT2D eigenvalue weighted by atomic mass is 10.1. The number of amides is 2. The van der Waals surface area contributed by atoms with Crippen LogP contribution in [-0.2, 0) is 16.0 Å². The highest BCUT2D eigenvalue weighted by Crippen LogP contribution is 2.27. The molecule has 0 bridgehead atoms. The first-order valence-corrected chi connectivity index (χ1v) is 8.84. The molecule has 0 aliphatic carbocycles. The summed E-state index contributed by atoms with van der Waals surface area (Å²) in [7, 11) is 3.15. The van der Waals surface area contributed by atoms with E-state index in [4.69, 9.17) is 21.1 Å². The molecule has 0 unspecified atom stereocenters. The molecule has 2 amide bonds. The van der Waals surface area contributed by atoms with Crippen LogP contribution in [0.3, 0.4) is 0 Å². The van der Waals surface area contributed by atoms with Crippen LogP contribution in [0.25, 0.3) is 0 Å². The number of hydrogen-bond acceptors (Lipinski definition) is 4. The molecule has 0 spiro atoms. The van der Waals surface area contributed by atoms with Crippen molar-refractivity contribution in [3.8, 4) is 11.5 Å². The largest absolute Gasteiger partial charge is 0.493 e. The van der Waals surface area contributed by atoms with E-state index in [-0.39, 0.29) is 12.3 Å². The number of benzene rings is 2. The Morgan fingerprint density at radius 3 is 2.41 bits per heavy atom. The number of nitrogens with one attached hydrogen (secondary N) is 2.